The lowest BCUT2D eigenvalue weighted by molar-refractivity contribution is 0.0738. The van der Waals surface area contributed by atoms with Crippen molar-refractivity contribution in [3.63, 3.8) is 0 Å². The number of nitrogens with zero attached hydrogens (tertiary/aromatic N) is 1. The largest absolute Gasteiger partial charge is 0.360 e. The number of carbonyl (C=O) groups is 1. The molecule has 1 N–H and O–H groups in total. The number of H-pyrrole nitrogens is 1. The van der Waals surface area contributed by atoms with Crippen LogP contribution in [-0.4, -0.2) is 22.3 Å². The van der Waals surface area contributed by atoms with E-state index in [0.29, 0.717) is 0 Å². The zero-order chi connectivity index (χ0) is 14.2. The molecular formula is C17H16N2OS. The van der Waals surface area contributed by atoms with E-state index < -0.39 is 0 Å². The maximum Gasteiger partial charge on any atom is 0.256 e. The van der Waals surface area contributed by atoms with E-state index in [1.54, 1.807) is 11.3 Å². The molecule has 2 aromatic heterocycles. The molecule has 4 rings (SSSR count). The molecule has 21 heavy (non-hydrogen) atoms. The van der Waals surface area contributed by atoms with Crippen LogP contribution < -0.4 is 0 Å². The van der Waals surface area contributed by atoms with Gasteiger partial charge in [-0.2, -0.15) is 11.3 Å². The Labute approximate surface area is 127 Å². The minimum atomic E-state index is 0.140. The molecule has 0 bridgehead atoms. The van der Waals surface area contributed by atoms with E-state index in [4.69, 9.17) is 0 Å². The van der Waals surface area contributed by atoms with Crippen LogP contribution >= 0.6 is 11.3 Å². The first-order valence-electron chi connectivity index (χ1n) is 7.24. The normalized spacial score (nSPS) is 18.5. The molecule has 0 aliphatic carbocycles. The van der Waals surface area contributed by atoms with Crippen LogP contribution in [0.2, 0.25) is 0 Å². The summed E-state index contributed by atoms with van der Waals surface area (Å²) in [4.78, 5) is 18.2. The summed E-state index contributed by atoms with van der Waals surface area (Å²) in [6.07, 6.45) is 3.98. The van der Waals surface area contributed by atoms with Gasteiger partial charge in [-0.25, -0.2) is 0 Å². The number of para-hydroxylation sites is 1. The molecule has 0 saturated carbocycles. The number of aromatic nitrogens is 1. The Morgan fingerprint density at radius 3 is 3.05 bits per heavy atom. The van der Waals surface area contributed by atoms with Gasteiger partial charge in [0.15, 0.2) is 0 Å². The molecule has 3 nitrogen and oxygen atoms in total. The number of likely N-dealkylation sites (tertiary alicyclic amines) is 1. The van der Waals surface area contributed by atoms with Gasteiger partial charge >= 0.3 is 0 Å². The fraction of sp³-hybridized carbons (Fsp3) is 0.235. The standard InChI is InChI=1S/C17H16N2OS/c20-17(14-10-18-15-5-2-1-4-13(14)15)19-8-3-6-16(19)12-7-9-21-11-12/h1-2,4-5,7,9-11,16,18H,3,6,8H2. The molecule has 1 atom stereocenters. The van der Waals surface area contributed by atoms with Crippen molar-refractivity contribution in [1.29, 1.82) is 0 Å². The highest BCUT2D eigenvalue weighted by Gasteiger charge is 2.31. The predicted molar refractivity (Wildman–Crippen MR) is 85.6 cm³/mol. The van der Waals surface area contributed by atoms with Crippen LogP contribution in [0.25, 0.3) is 10.9 Å². The fourth-order valence-electron chi connectivity index (χ4n) is 3.22. The van der Waals surface area contributed by atoms with Crippen LogP contribution in [0.4, 0.5) is 0 Å². The summed E-state index contributed by atoms with van der Waals surface area (Å²) in [5, 5.41) is 5.26. The topological polar surface area (TPSA) is 36.1 Å². The fourth-order valence-corrected chi connectivity index (χ4v) is 3.93. The summed E-state index contributed by atoms with van der Waals surface area (Å²) in [7, 11) is 0. The molecule has 1 aromatic carbocycles. The monoisotopic (exact) mass is 296 g/mol. The van der Waals surface area contributed by atoms with Crippen LogP contribution in [0.15, 0.2) is 47.3 Å². The lowest BCUT2D eigenvalue weighted by Crippen LogP contribution is -2.30. The van der Waals surface area contributed by atoms with Gasteiger partial charge in [-0.05, 0) is 41.3 Å². The van der Waals surface area contributed by atoms with Crippen LogP contribution in [0.1, 0.15) is 34.8 Å². The van der Waals surface area contributed by atoms with E-state index in [-0.39, 0.29) is 11.9 Å². The lowest BCUT2D eigenvalue weighted by atomic mass is 10.1. The zero-order valence-corrected chi connectivity index (χ0v) is 12.4. The van der Waals surface area contributed by atoms with Crippen molar-refractivity contribution in [3.8, 4) is 0 Å². The quantitative estimate of drug-likeness (QED) is 0.755. The number of rotatable bonds is 2. The number of benzene rings is 1. The zero-order valence-electron chi connectivity index (χ0n) is 11.6. The maximum absolute atomic E-state index is 12.9. The van der Waals surface area contributed by atoms with Crippen molar-refractivity contribution in [2.24, 2.45) is 0 Å². The number of hydrogen-bond acceptors (Lipinski definition) is 2. The smallest absolute Gasteiger partial charge is 0.256 e. The summed E-state index contributed by atoms with van der Waals surface area (Å²) in [5.41, 5.74) is 3.07. The molecule has 1 unspecified atom stereocenters. The van der Waals surface area contributed by atoms with Gasteiger partial charge in [-0.1, -0.05) is 18.2 Å². The van der Waals surface area contributed by atoms with Crippen LogP contribution in [0, 0.1) is 0 Å². The Bertz CT molecular complexity index is 775. The number of amides is 1. The number of aromatic amines is 1. The van der Waals surface area contributed by atoms with Crippen molar-refractivity contribution in [2.45, 2.75) is 18.9 Å². The third-order valence-corrected chi connectivity index (χ3v) is 4.96. The Hall–Kier alpha value is -2.07. The second-order valence-corrected chi connectivity index (χ2v) is 6.24. The van der Waals surface area contributed by atoms with Gasteiger partial charge in [0.25, 0.3) is 5.91 Å². The third kappa shape index (κ3) is 2.07. The summed E-state index contributed by atoms with van der Waals surface area (Å²) >= 11 is 1.70. The van der Waals surface area contributed by atoms with E-state index >= 15 is 0 Å². The Morgan fingerprint density at radius 1 is 1.29 bits per heavy atom. The van der Waals surface area contributed by atoms with Crippen LogP contribution in [0.5, 0.6) is 0 Å². The van der Waals surface area contributed by atoms with E-state index in [2.05, 4.69) is 21.8 Å². The summed E-state index contributed by atoms with van der Waals surface area (Å²) in [6, 6.07) is 10.3. The van der Waals surface area contributed by atoms with Gasteiger partial charge in [0.2, 0.25) is 0 Å². The highest BCUT2D eigenvalue weighted by molar-refractivity contribution is 7.08. The predicted octanol–water partition coefficient (Wildman–Crippen LogP) is 4.21. The lowest BCUT2D eigenvalue weighted by Gasteiger charge is -2.24. The first-order valence-corrected chi connectivity index (χ1v) is 8.18. The molecule has 4 heteroatoms. The number of thiophene rings is 1. The SMILES string of the molecule is O=C(c1c[nH]c2ccccc12)N1CCCC1c1ccsc1. The van der Waals surface area contributed by atoms with Crippen molar-refractivity contribution in [1.82, 2.24) is 9.88 Å². The van der Waals surface area contributed by atoms with E-state index in [0.717, 1.165) is 35.9 Å². The highest BCUT2D eigenvalue weighted by Crippen LogP contribution is 2.35. The molecule has 0 radical (unpaired) electrons. The van der Waals surface area contributed by atoms with E-state index in [9.17, 15) is 4.79 Å². The van der Waals surface area contributed by atoms with Gasteiger partial charge in [0.05, 0.1) is 11.6 Å². The molecule has 1 fully saturated rings. The molecule has 1 aliphatic heterocycles. The van der Waals surface area contributed by atoms with Crippen molar-refractivity contribution in [3.05, 3.63) is 58.4 Å². The minimum absolute atomic E-state index is 0.140. The Morgan fingerprint density at radius 2 is 2.19 bits per heavy atom. The Kier molecular flexibility index (Phi) is 3.04. The average Bonchev–Trinajstić information content (AvgIpc) is 3.25. The number of nitrogens with one attached hydrogen (secondary N) is 1. The average molecular weight is 296 g/mol. The van der Waals surface area contributed by atoms with Crippen molar-refractivity contribution in [2.75, 3.05) is 6.54 Å². The van der Waals surface area contributed by atoms with Crippen LogP contribution in [0.3, 0.4) is 0 Å². The summed E-state index contributed by atoms with van der Waals surface area (Å²) in [6.45, 7) is 0.846. The molecular weight excluding hydrogens is 280 g/mol. The second-order valence-electron chi connectivity index (χ2n) is 5.46. The second kappa shape index (κ2) is 5.04. The molecule has 1 amide bonds. The first-order chi connectivity index (χ1) is 10.3. The van der Waals surface area contributed by atoms with E-state index in [1.807, 2.05) is 35.4 Å². The molecule has 3 heterocycles. The number of hydrogen-bond donors (Lipinski definition) is 1. The molecule has 3 aromatic rings. The molecule has 1 saturated heterocycles. The van der Waals surface area contributed by atoms with Gasteiger partial charge in [0.1, 0.15) is 0 Å². The van der Waals surface area contributed by atoms with Gasteiger partial charge in [0, 0.05) is 23.6 Å². The summed E-state index contributed by atoms with van der Waals surface area (Å²) in [5.74, 6) is 0.140. The Balaban J connectivity index is 1.71. The van der Waals surface area contributed by atoms with Gasteiger partial charge in [-0.3, -0.25) is 4.79 Å². The highest BCUT2D eigenvalue weighted by atomic mass is 32.1. The third-order valence-electron chi connectivity index (χ3n) is 4.26. The number of carbonyl (C=O) groups excluding carboxylic acids is 1. The molecule has 0 spiro atoms. The van der Waals surface area contributed by atoms with Crippen molar-refractivity contribution >= 4 is 28.1 Å². The molecule has 106 valence electrons. The summed E-state index contributed by atoms with van der Waals surface area (Å²) < 4.78 is 0. The van der Waals surface area contributed by atoms with Crippen molar-refractivity contribution < 1.29 is 4.79 Å². The number of fused-ring (bicyclic) bond motifs is 1. The van der Waals surface area contributed by atoms with Gasteiger partial charge in [-0.15, -0.1) is 0 Å². The minimum Gasteiger partial charge on any atom is -0.360 e. The first kappa shape index (κ1) is 12.7. The molecule has 1 aliphatic rings. The maximum atomic E-state index is 12.9. The van der Waals surface area contributed by atoms with E-state index in [1.165, 1.54) is 5.56 Å². The van der Waals surface area contributed by atoms with Gasteiger partial charge < -0.3 is 9.88 Å². The van der Waals surface area contributed by atoms with Crippen LogP contribution in [-0.2, 0) is 0 Å².